The number of furan rings is 1. The molecule has 0 spiro atoms. The Morgan fingerprint density at radius 1 is 1.50 bits per heavy atom. The normalized spacial score (nSPS) is 15.3. The minimum absolute atomic E-state index is 0.454. The summed E-state index contributed by atoms with van der Waals surface area (Å²) in [4.78, 5) is 2.32. The zero-order valence-corrected chi connectivity index (χ0v) is 10.6. The van der Waals surface area contributed by atoms with E-state index in [1.807, 2.05) is 6.07 Å². The average molecular weight is 224 g/mol. The lowest BCUT2D eigenvalue weighted by molar-refractivity contribution is 0.174. The number of hydrogen-bond donors (Lipinski definition) is 1. The van der Waals surface area contributed by atoms with E-state index in [4.69, 9.17) is 10.2 Å². The van der Waals surface area contributed by atoms with Gasteiger partial charge in [0.25, 0.3) is 0 Å². The predicted octanol–water partition coefficient (Wildman–Crippen LogP) is 2.47. The van der Waals surface area contributed by atoms with Crippen molar-refractivity contribution in [3.63, 3.8) is 0 Å². The maximum absolute atomic E-state index is 5.87. The number of rotatable bonds is 7. The molecule has 0 amide bonds. The second-order valence-electron chi connectivity index (χ2n) is 4.62. The molecule has 16 heavy (non-hydrogen) atoms. The van der Waals surface area contributed by atoms with Crippen LogP contribution in [0.1, 0.15) is 32.3 Å². The van der Waals surface area contributed by atoms with Crippen molar-refractivity contribution in [2.45, 2.75) is 39.3 Å². The van der Waals surface area contributed by atoms with Crippen molar-refractivity contribution in [1.29, 1.82) is 0 Å². The quantitative estimate of drug-likeness (QED) is 0.773. The van der Waals surface area contributed by atoms with E-state index in [1.165, 1.54) is 18.4 Å². The number of hydrogen-bond acceptors (Lipinski definition) is 3. The summed E-state index contributed by atoms with van der Waals surface area (Å²) in [6.07, 6.45) is 5.97. The van der Waals surface area contributed by atoms with Crippen molar-refractivity contribution in [2.24, 2.45) is 11.7 Å². The molecule has 1 heterocycles. The minimum atomic E-state index is 0.454. The third-order valence-electron chi connectivity index (χ3n) is 3.22. The van der Waals surface area contributed by atoms with Gasteiger partial charge in [0.2, 0.25) is 0 Å². The maximum atomic E-state index is 5.87. The summed E-state index contributed by atoms with van der Waals surface area (Å²) >= 11 is 0. The highest BCUT2D eigenvalue weighted by molar-refractivity contribution is 5.05. The predicted molar refractivity (Wildman–Crippen MR) is 67.1 cm³/mol. The van der Waals surface area contributed by atoms with E-state index in [9.17, 15) is 0 Å². The highest BCUT2D eigenvalue weighted by atomic mass is 16.3. The second kappa shape index (κ2) is 6.71. The summed E-state index contributed by atoms with van der Waals surface area (Å²) in [5.41, 5.74) is 7.08. The molecule has 0 aliphatic heterocycles. The van der Waals surface area contributed by atoms with Crippen LogP contribution in [0.4, 0.5) is 0 Å². The topological polar surface area (TPSA) is 42.4 Å². The minimum Gasteiger partial charge on any atom is -0.472 e. The summed E-state index contributed by atoms with van der Waals surface area (Å²) < 4.78 is 5.08. The lowest BCUT2D eigenvalue weighted by Crippen LogP contribution is -2.42. The monoisotopic (exact) mass is 224 g/mol. The fraction of sp³-hybridized carbons (Fsp3) is 0.692. The summed E-state index contributed by atoms with van der Waals surface area (Å²) in [5.74, 6) is 0.645. The zero-order valence-electron chi connectivity index (χ0n) is 10.6. The Morgan fingerprint density at radius 3 is 2.75 bits per heavy atom. The Morgan fingerprint density at radius 2 is 2.25 bits per heavy atom. The molecule has 1 aromatic heterocycles. The van der Waals surface area contributed by atoms with Crippen LogP contribution in [0.2, 0.25) is 0 Å². The number of nitrogens with zero attached hydrogens (tertiary/aromatic N) is 1. The van der Waals surface area contributed by atoms with E-state index in [2.05, 4.69) is 25.8 Å². The van der Waals surface area contributed by atoms with E-state index >= 15 is 0 Å². The van der Waals surface area contributed by atoms with Gasteiger partial charge in [-0.15, -0.1) is 0 Å². The van der Waals surface area contributed by atoms with E-state index in [1.54, 1.807) is 12.5 Å². The first-order chi connectivity index (χ1) is 7.69. The van der Waals surface area contributed by atoms with Gasteiger partial charge in [0.1, 0.15) is 0 Å². The number of likely N-dealkylation sites (N-methyl/N-ethyl adjacent to an activating group) is 1. The van der Waals surface area contributed by atoms with E-state index in [0.717, 1.165) is 13.1 Å². The Labute approximate surface area is 98.6 Å². The van der Waals surface area contributed by atoms with Gasteiger partial charge in [-0.1, -0.05) is 20.3 Å². The molecule has 1 rings (SSSR count). The van der Waals surface area contributed by atoms with Crippen LogP contribution in [0.25, 0.3) is 0 Å². The standard InChI is InChI=1S/C13H24N2O/c1-4-5-11(2)13(8-14)15(3)9-12-6-7-16-10-12/h6-7,10-11,13H,4-5,8-9,14H2,1-3H3. The van der Waals surface area contributed by atoms with Gasteiger partial charge in [-0.25, -0.2) is 0 Å². The zero-order chi connectivity index (χ0) is 12.0. The molecule has 3 nitrogen and oxygen atoms in total. The fourth-order valence-electron chi connectivity index (χ4n) is 2.28. The SMILES string of the molecule is CCCC(C)C(CN)N(C)Cc1ccoc1. The third kappa shape index (κ3) is 3.65. The van der Waals surface area contributed by atoms with Gasteiger partial charge in [-0.3, -0.25) is 4.90 Å². The molecule has 1 aromatic rings. The first-order valence-electron chi connectivity index (χ1n) is 6.10. The molecular formula is C13H24N2O. The average Bonchev–Trinajstić information content (AvgIpc) is 2.71. The van der Waals surface area contributed by atoms with Crippen LogP contribution in [0.3, 0.4) is 0 Å². The van der Waals surface area contributed by atoms with Crippen LogP contribution in [0, 0.1) is 5.92 Å². The molecule has 0 aliphatic carbocycles. The van der Waals surface area contributed by atoms with Gasteiger partial charge in [-0.2, -0.15) is 0 Å². The van der Waals surface area contributed by atoms with Crippen molar-refractivity contribution in [1.82, 2.24) is 4.90 Å². The molecule has 92 valence electrons. The molecule has 0 aliphatic rings. The van der Waals surface area contributed by atoms with Crippen LogP contribution in [0.5, 0.6) is 0 Å². The van der Waals surface area contributed by atoms with E-state index in [0.29, 0.717) is 12.0 Å². The van der Waals surface area contributed by atoms with Gasteiger partial charge < -0.3 is 10.2 Å². The lowest BCUT2D eigenvalue weighted by Gasteiger charge is -2.31. The molecule has 2 N–H and O–H groups in total. The van der Waals surface area contributed by atoms with Gasteiger partial charge in [-0.05, 0) is 25.5 Å². The first kappa shape index (κ1) is 13.3. The molecule has 0 bridgehead atoms. The second-order valence-corrected chi connectivity index (χ2v) is 4.62. The number of nitrogens with two attached hydrogens (primary N) is 1. The fourth-order valence-corrected chi connectivity index (χ4v) is 2.28. The Balaban J connectivity index is 2.51. The van der Waals surface area contributed by atoms with Gasteiger partial charge in [0.15, 0.2) is 0 Å². The highest BCUT2D eigenvalue weighted by Gasteiger charge is 2.19. The van der Waals surface area contributed by atoms with Crippen molar-refractivity contribution in [2.75, 3.05) is 13.6 Å². The van der Waals surface area contributed by atoms with Crippen molar-refractivity contribution in [3.8, 4) is 0 Å². The lowest BCUT2D eigenvalue weighted by atomic mass is 9.95. The van der Waals surface area contributed by atoms with Gasteiger partial charge in [0, 0.05) is 24.7 Å². The molecule has 0 fully saturated rings. The van der Waals surface area contributed by atoms with Gasteiger partial charge >= 0.3 is 0 Å². The Bertz CT molecular complexity index is 271. The molecule has 2 unspecified atom stereocenters. The molecule has 0 aromatic carbocycles. The van der Waals surface area contributed by atoms with Crippen LogP contribution < -0.4 is 5.73 Å². The molecule has 0 saturated carbocycles. The van der Waals surface area contributed by atoms with Crippen molar-refractivity contribution < 1.29 is 4.42 Å². The summed E-state index contributed by atoms with van der Waals surface area (Å²) in [6.45, 7) is 6.13. The third-order valence-corrected chi connectivity index (χ3v) is 3.22. The van der Waals surface area contributed by atoms with Crippen LogP contribution >= 0.6 is 0 Å². The molecule has 0 radical (unpaired) electrons. The van der Waals surface area contributed by atoms with E-state index < -0.39 is 0 Å². The van der Waals surface area contributed by atoms with Crippen LogP contribution in [-0.2, 0) is 6.54 Å². The van der Waals surface area contributed by atoms with Crippen LogP contribution in [0.15, 0.2) is 23.0 Å². The Kier molecular flexibility index (Phi) is 5.56. The molecule has 0 saturated heterocycles. The summed E-state index contributed by atoms with van der Waals surface area (Å²) in [6, 6.07) is 2.46. The molecule has 2 atom stereocenters. The highest BCUT2D eigenvalue weighted by Crippen LogP contribution is 2.17. The van der Waals surface area contributed by atoms with Crippen molar-refractivity contribution in [3.05, 3.63) is 24.2 Å². The van der Waals surface area contributed by atoms with Crippen molar-refractivity contribution >= 4 is 0 Å². The smallest absolute Gasteiger partial charge is 0.0947 e. The summed E-state index contributed by atoms with van der Waals surface area (Å²) in [7, 11) is 2.14. The molecular weight excluding hydrogens is 200 g/mol. The Hall–Kier alpha value is -0.800. The maximum Gasteiger partial charge on any atom is 0.0947 e. The first-order valence-corrected chi connectivity index (χ1v) is 6.10. The summed E-state index contributed by atoms with van der Waals surface area (Å²) in [5, 5.41) is 0. The molecule has 3 heteroatoms. The van der Waals surface area contributed by atoms with Gasteiger partial charge in [0.05, 0.1) is 12.5 Å². The largest absolute Gasteiger partial charge is 0.472 e. The van der Waals surface area contributed by atoms with E-state index in [-0.39, 0.29) is 0 Å². The van der Waals surface area contributed by atoms with Crippen LogP contribution in [-0.4, -0.2) is 24.5 Å².